The third-order valence-electron chi connectivity index (χ3n) is 5.77. The highest BCUT2D eigenvalue weighted by Gasteiger charge is 2.36. The van der Waals surface area contributed by atoms with E-state index >= 15 is 0 Å². The molecule has 2 unspecified atom stereocenters. The second kappa shape index (κ2) is 8.26. The number of imide groups is 1. The van der Waals surface area contributed by atoms with E-state index in [1.54, 1.807) is 23.2 Å². The molecule has 32 heavy (non-hydrogen) atoms. The first-order chi connectivity index (χ1) is 15.6. The van der Waals surface area contributed by atoms with Crippen molar-refractivity contribution >= 4 is 17.6 Å². The Hall–Kier alpha value is -4.01. The predicted molar refractivity (Wildman–Crippen MR) is 112 cm³/mol. The number of rotatable bonds is 6. The van der Waals surface area contributed by atoms with E-state index < -0.39 is 12.1 Å². The lowest BCUT2D eigenvalue weighted by molar-refractivity contribution is -0.136. The van der Waals surface area contributed by atoms with E-state index in [9.17, 15) is 14.4 Å². The van der Waals surface area contributed by atoms with Gasteiger partial charge in [0.1, 0.15) is 12.1 Å². The summed E-state index contributed by atoms with van der Waals surface area (Å²) in [5.41, 5.74) is 2.47. The van der Waals surface area contributed by atoms with Gasteiger partial charge in [-0.15, -0.1) is 5.10 Å². The fraction of sp³-hybridized carbons (Fsp3) is 0.261. The molecule has 162 valence electrons. The van der Waals surface area contributed by atoms with Gasteiger partial charge in [0.2, 0.25) is 17.6 Å². The Morgan fingerprint density at radius 1 is 1.16 bits per heavy atom. The van der Waals surface area contributed by atoms with Gasteiger partial charge in [0, 0.05) is 30.9 Å². The molecule has 0 spiro atoms. The van der Waals surface area contributed by atoms with Crippen LogP contribution in [0.4, 0.5) is 0 Å². The topological polar surface area (TPSA) is 106 Å². The summed E-state index contributed by atoms with van der Waals surface area (Å²) in [6.07, 6.45) is 8.69. The average molecular weight is 431 g/mol. The molecule has 5 rings (SSSR count). The summed E-state index contributed by atoms with van der Waals surface area (Å²) >= 11 is 0. The van der Waals surface area contributed by atoms with E-state index in [1.165, 1.54) is 6.08 Å². The monoisotopic (exact) mass is 431 g/mol. The molecular formula is C23H21N5O4. The van der Waals surface area contributed by atoms with E-state index in [1.807, 2.05) is 41.4 Å². The first kappa shape index (κ1) is 19.9. The van der Waals surface area contributed by atoms with Crippen molar-refractivity contribution in [3.63, 3.8) is 0 Å². The molecule has 1 aliphatic carbocycles. The number of piperidine rings is 1. The Balaban J connectivity index is 1.43. The second-order valence-electron chi connectivity index (χ2n) is 7.87. The minimum Gasteiger partial charge on any atom is -0.479 e. The molecule has 2 amide bonds. The van der Waals surface area contributed by atoms with Gasteiger partial charge in [0.15, 0.2) is 5.76 Å². The third-order valence-corrected chi connectivity index (χ3v) is 5.77. The number of aromatic nitrogens is 3. The van der Waals surface area contributed by atoms with Crippen LogP contribution in [0.15, 0.2) is 78.0 Å². The largest absolute Gasteiger partial charge is 0.479 e. The molecule has 2 aliphatic heterocycles. The molecule has 9 nitrogen and oxygen atoms in total. The lowest BCUT2D eigenvalue weighted by atomic mass is 9.99. The van der Waals surface area contributed by atoms with Crippen LogP contribution in [0.3, 0.4) is 0 Å². The number of ether oxygens (including phenoxy) is 1. The highest BCUT2D eigenvalue weighted by Crippen LogP contribution is 2.35. The van der Waals surface area contributed by atoms with Gasteiger partial charge in [-0.2, -0.15) is 0 Å². The maximum Gasteiger partial charge on any atom is 0.249 e. The molecule has 2 aromatic rings. The Morgan fingerprint density at radius 3 is 2.75 bits per heavy atom. The van der Waals surface area contributed by atoms with Gasteiger partial charge in [-0.1, -0.05) is 35.5 Å². The molecule has 3 aliphatic rings. The van der Waals surface area contributed by atoms with Crippen molar-refractivity contribution < 1.29 is 19.1 Å². The van der Waals surface area contributed by atoms with Crippen molar-refractivity contribution in [2.45, 2.75) is 31.5 Å². The Labute approximate surface area is 184 Å². The van der Waals surface area contributed by atoms with Crippen LogP contribution in [0.25, 0.3) is 0 Å². The number of carbonyl (C=O) groups excluding carboxylic acids is 3. The Kier molecular flexibility index (Phi) is 5.14. The van der Waals surface area contributed by atoms with E-state index in [4.69, 9.17) is 4.74 Å². The van der Waals surface area contributed by atoms with E-state index in [0.29, 0.717) is 25.9 Å². The van der Waals surface area contributed by atoms with Crippen molar-refractivity contribution in [3.05, 3.63) is 83.5 Å². The molecule has 1 aromatic heterocycles. The van der Waals surface area contributed by atoms with Crippen LogP contribution in [0, 0.1) is 0 Å². The number of amides is 2. The van der Waals surface area contributed by atoms with Gasteiger partial charge < -0.3 is 9.64 Å². The molecule has 2 atom stereocenters. The summed E-state index contributed by atoms with van der Waals surface area (Å²) in [5.74, 6) is -0.527. The molecule has 9 heteroatoms. The molecule has 3 heterocycles. The smallest absolute Gasteiger partial charge is 0.249 e. The number of hydrogen-bond donors (Lipinski definition) is 1. The van der Waals surface area contributed by atoms with E-state index in [2.05, 4.69) is 15.6 Å². The first-order valence-corrected chi connectivity index (χ1v) is 10.4. The number of ketones is 1. The quantitative estimate of drug-likeness (QED) is 0.690. The molecule has 0 bridgehead atoms. The zero-order chi connectivity index (χ0) is 22.1. The number of carbonyl (C=O) groups is 3. The molecule has 1 aromatic carbocycles. The van der Waals surface area contributed by atoms with Crippen molar-refractivity contribution in [1.82, 2.24) is 25.2 Å². The van der Waals surface area contributed by atoms with Crippen LogP contribution in [0.5, 0.6) is 0 Å². The van der Waals surface area contributed by atoms with E-state index in [0.717, 1.165) is 16.7 Å². The van der Waals surface area contributed by atoms with Gasteiger partial charge in [0.25, 0.3) is 0 Å². The van der Waals surface area contributed by atoms with Crippen LogP contribution in [0.1, 0.15) is 24.5 Å². The van der Waals surface area contributed by atoms with Crippen LogP contribution >= 0.6 is 0 Å². The fourth-order valence-electron chi connectivity index (χ4n) is 4.16. The summed E-state index contributed by atoms with van der Waals surface area (Å²) < 4.78 is 7.98. The number of fused-ring (bicyclic) bond motifs is 1. The van der Waals surface area contributed by atoms with Crippen LogP contribution < -0.4 is 5.32 Å². The number of allylic oxidation sites excluding steroid dienone is 2. The molecular weight excluding hydrogens is 410 g/mol. The van der Waals surface area contributed by atoms with Gasteiger partial charge in [-0.25, -0.2) is 4.68 Å². The van der Waals surface area contributed by atoms with Crippen LogP contribution in [0.2, 0.25) is 0 Å². The van der Waals surface area contributed by atoms with Crippen molar-refractivity contribution in [1.29, 1.82) is 0 Å². The normalized spacial score (nSPS) is 21.4. The number of nitrogens with one attached hydrogen (secondary N) is 1. The summed E-state index contributed by atoms with van der Waals surface area (Å²) in [5, 5.41) is 10.3. The maximum atomic E-state index is 12.8. The second-order valence-corrected chi connectivity index (χ2v) is 7.87. The average Bonchev–Trinajstić information content (AvgIpc) is 3.45. The molecule has 0 saturated carbocycles. The highest BCUT2D eigenvalue weighted by molar-refractivity contribution is 6.06. The zero-order valence-electron chi connectivity index (χ0n) is 17.2. The summed E-state index contributed by atoms with van der Waals surface area (Å²) in [7, 11) is 0. The third kappa shape index (κ3) is 3.84. The first-order valence-electron chi connectivity index (χ1n) is 10.4. The fourth-order valence-corrected chi connectivity index (χ4v) is 4.16. The van der Waals surface area contributed by atoms with Crippen molar-refractivity contribution in [2.24, 2.45) is 0 Å². The van der Waals surface area contributed by atoms with Gasteiger partial charge in [-0.05, 0) is 29.7 Å². The standard InChI is InChI=1S/C23H21N5O4/c29-19-8-6-16-12-27(18-7-9-21(30)25-23(18)31)13-17(16)22(19)32-20(14-28-11-10-24-26-28)15-4-2-1-3-5-15/h1-6,8,10-12,18,20H,7,9,13-14H2,(H,25,30,31). The SMILES string of the molecule is O=C1CCC(N2C=C3C=CC(=O)C(OC(Cn4ccnn4)c4ccccc4)=C3C2)C(=O)N1. The molecule has 0 radical (unpaired) electrons. The summed E-state index contributed by atoms with van der Waals surface area (Å²) in [4.78, 5) is 38.5. The lowest BCUT2D eigenvalue weighted by Crippen LogP contribution is -2.50. The van der Waals surface area contributed by atoms with Crippen LogP contribution in [-0.2, 0) is 25.7 Å². The zero-order valence-corrected chi connectivity index (χ0v) is 17.2. The number of benzene rings is 1. The highest BCUT2D eigenvalue weighted by atomic mass is 16.5. The lowest BCUT2D eigenvalue weighted by Gasteiger charge is -2.29. The number of hydrogen-bond acceptors (Lipinski definition) is 7. The van der Waals surface area contributed by atoms with Gasteiger partial charge in [0.05, 0.1) is 12.7 Å². The maximum absolute atomic E-state index is 12.8. The molecule has 1 fully saturated rings. The minimum atomic E-state index is -0.457. The van der Waals surface area contributed by atoms with Gasteiger partial charge in [-0.3, -0.25) is 19.7 Å². The minimum absolute atomic E-state index is 0.221. The molecule has 1 N–H and O–H groups in total. The van der Waals surface area contributed by atoms with Crippen molar-refractivity contribution in [2.75, 3.05) is 6.54 Å². The summed E-state index contributed by atoms with van der Waals surface area (Å²) in [6.45, 7) is 0.742. The Morgan fingerprint density at radius 2 is 2.00 bits per heavy atom. The summed E-state index contributed by atoms with van der Waals surface area (Å²) in [6, 6.07) is 9.18. The molecule has 1 saturated heterocycles. The Bertz CT molecular complexity index is 1150. The van der Waals surface area contributed by atoms with Crippen LogP contribution in [-0.4, -0.2) is 50.1 Å². The van der Waals surface area contributed by atoms with Crippen molar-refractivity contribution in [3.8, 4) is 0 Å². The number of nitrogens with zero attached hydrogens (tertiary/aromatic N) is 4. The van der Waals surface area contributed by atoms with E-state index in [-0.39, 0.29) is 23.4 Å². The predicted octanol–water partition coefficient (Wildman–Crippen LogP) is 1.43. The van der Waals surface area contributed by atoms with Gasteiger partial charge >= 0.3 is 0 Å².